The van der Waals surface area contributed by atoms with E-state index in [-0.39, 0.29) is 0 Å². The van der Waals surface area contributed by atoms with Gasteiger partial charge in [0.05, 0.1) is 25.9 Å². The van der Waals surface area contributed by atoms with Gasteiger partial charge >= 0.3 is 0 Å². The van der Waals surface area contributed by atoms with Crippen LogP contribution in [0, 0.1) is 5.92 Å². The fourth-order valence-corrected chi connectivity index (χ4v) is 2.26. The predicted molar refractivity (Wildman–Crippen MR) is 77.6 cm³/mol. The summed E-state index contributed by atoms with van der Waals surface area (Å²) >= 11 is 0. The number of hydrogen-bond donors (Lipinski definition) is 1. The van der Waals surface area contributed by atoms with Crippen LogP contribution in [0.4, 0.5) is 0 Å². The zero-order chi connectivity index (χ0) is 14.5. The first-order valence-corrected chi connectivity index (χ1v) is 7.45. The minimum absolute atomic E-state index is 0.372. The number of aliphatic hydroxyl groups excluding tert-OH is 1. The molecule has 0 heterocycles. The lowest BCUT2D eigenvalue weighted by Gasteiger charge is -2.19. The standard InChI is InChI=1S/C16H24O4/c1-4-18-13-9-12(15(17)11-7-8-11)10-14(19-5-2)16(13)20-6-3/h9-11,15,17H,4-8H2,1-3H3. The second-order valence-corrected chi connectivity index (χ2v) is 4.93. The molecule has 1 N–H and O–H groups in total. The summed E-state index contributed by atoms with van der Waals surface area (Å²) in [5.41, 5.74) is 0.850. The first kappa shape index (κ1) is 15.0. The molecule has 0 saturated heterocycles. The molecular weight excluding hydrogens is 256 g/mol. The molecule has 1 aliphatic rings. The minimum atomic E-state index is -0.441. The molecule has 1 unspecified atom stereocenters. The predicted octanol–water partition coefficient (Wildman–Crippen LogP) is 3.33. The third-order valence-corrected chi connectivity index (χ3v) is 3.34. The molecule has 1 aliphatic carbocycles. The lowest BCUT2D eigenvalue weighted by atomic mass is 10.0. The summed E-state index contributed by atoms with van der Waals surface area (Å²) in [6.07, 6.45) is 1.73. The van der Waals surface area contributed by atoms with Gasteiger partial charge in [-0.05, 0) is 57.2 Å². The molecule has 1 saturated carbocycles. The van der Waals surface area contributed by atoms with Gasteiger partial charge in [-0.1, -0.05) is 0 Å². The Morgan fingerprint density at radius 3 is 1.90 bits per heavy atom. The van der Waals surface area contributed by atoms with Crippen LogP contribution in [0.15, 0.2) is 12.1 Å². The summed E-state index contributed by atoms with van der Waals surface area (Å²) in [5, 5.41) is 10.3. The van der Waals surface area contributed by atoms with Crippen molar-refractivity contribution in [1.82, 2.24) is 0 Å². The highest BCUT2D eigenvalue weighted by molar-refractivity contribution is 5.54. The number of aliphatic hydroxyl groups is 1. The maximum atomic E-state index is 10.3. The van der Waals surface area contributed by atoms with Crippen molar-refractivity contribution in [2.24, 2.45) is 5.92 Å². The topological polar surface area (TPSA) is 47.9 Å². The molecule has 0 bridgehead atoms. The van der Waals surface area contributed by atoms with E-state index in [1.807, 2.05) is 32.9 Å². The monoisotopic (exact) mass is 280 g/mol. The Morgan fingerprint density at radius 1 is 1.00 bits per heavy atom. The average molecular weight is 280 g/mol. The lowest BCUT2D eigenvalue weighted by Crippen LogP contribution is -2.06. The summed E-state index contributed by atoms with van der Waals surface area (Å²) in [4.78, 5) is 0. The second-order valence-electron chi connectivity index (χ2n) is 4.93. The van der Waals surface area contributed by atoms with Crippen molar-refractivity contribution in [3.05, 3.63) is 17.7 Å². The fourth-order valence-electron chi connectivity index (χ4n) is 2.26. The molecule has 0 amide bonds. The molecule has 0 aromatic heterocycles. The summed E-state index contributed by atoms with van der Waals surface area (Å²) in [7, 11) is 0. The molecule has 0 aliphatic heterocycles. The van der Waals surface area contributed by atoms with Gasteiger partial charge in [0.1, 0.15) is 0 Å². The third kappa shape index (κ3) is 3.37. The van der Waals surface area contributed by atoms with Crippen LogP contribution in [0.2, 0.25) is 0 Å². The van der Waals surface area contributed by atoms with Gasteiger partial charge in [0.25, 0.3) is 0 Å². The molecule has 1 fully saturated rings. The van der Waals surface area contributed by atoms with Crippen molar-refractivity contribution in [3.63, 3.8) is 0 Å². The van der Waals surface area contributed by atoms with Crippen LogP contribution in [0.25, 0.3) is 0 Å². The quantitative estimate of drug-likeness (QED) is 0.793. The Kier molecular flexibility index (Phi) is 5.12. The Bertz CT molecular complexity index is 413. The number of ether oxygens (including phenoxy) is 3. The fraction of sp³-hybridized carbons (Fsp3) is 0.625. The smallest absolute Gasteiger partial charge is 0.203 e. The zero-order valence-corrected chi connectivity index (χ0v) is 12.5. The molecule has 1 aromatic carbocycles. The summed E-state index contributed by atoms with van der Waals surface area (Å²) < 4.78 is 17.0. The molecule has 4 nitrogen and oxygen atoms in total. The molecule has 1 atom stereocenters. The van der Waals surface area contributed by atoms with E-state index in [0.717, 1.165) is 18.4 Å². The molecular formula is C16H24O4. The Morgan fingerprint density at radius 2 is 1.50 bits per heavy atom. The van der Waals surface area contributed by atoms with Gasteiger partial charge in [0, 0.05) is 0 Å². The van der Waals surface area contributed by atoms with E-state index < -0.39 is 6.10 Å². The van der Waals surface area contributed by atoms with Gasteiger partial charge in [0.2, 0.25) is 5.75 Å². The van der Waals surface area contributed by atoms with Crippen molar-refractivity contribution in [3.8, 4) is 17.2 Å². The summed E-state index contributed by atoms with van der Waals surface area (Å²) in [6, 6.07) is 3.75. The second kappa shape index (κ2) is 6.84. The third-order valence-electron chi connectivity index (χ3n) is 3.34. The van der Waals surface area contributed by atoms with E-state index in [0.29, 0.717) is 43.0 Å². The molecule has 0 radical (unpaired) electrons. The van der Waals surface area contributed by atoms with Crippen LogP contribution in [0.5, 0.6) is 17.2 Å². The van der Waals surface area contributed by atoms with Crippen LogP contribution >= 0.6 is 0 Å². The molecule has 20 heavy (non-hydrogen) atoms. The van der Waals surface area contributed by atoms with Crippen molar-refractivity contribution in [1.29, 1.82) is 0 Å². The van der Waals surface area contributed by atoms with Gasteiger partial charge in [-0.2, -0.15) is 0 Å². The maximum Gasteiger partial charge on any atom is 0.203 e. The lowest BCUT2D eigenvalue weighted by molar-refractivity contribution is 0.152. The molecule has 0 spiro atoms. The van der Waals surface area contributed by atoms with E-state index in [1.54, 1.807) is 0 Å². The highest BCUT2D eigenvalue weighted by atomic mass is 16.5. The minimum Gasteiger partial charge on any atom is -0.490 e. The molecule has 1 aromatic rings. The number of hydrogen-bond acceptors (Lipinski definition) is 4. The Labute approximate surface area is 120 Å². The maximum absolute atomic E-state index is 10.3. The number of benzene rings is 1. The first-order valence-electron chi connectivity index (χ1n) is 7.45. The van der Waals surface area contributed by atoms with E-state index >= 15 is 0 Å². The Balaban J connectivity index is 2.38. The summed E-state index contributed by atoms with van der Waals surface area (Å²) in [5.74, 6) is 2.30. The van der Waals surface area contributed by atoms with E-state index in [2.05, 4.69) is 0 Å². The van der Waals surface area contributed by atoms with Crippen LogP contribution in [-0.2, 0) is 0 Å². The summed E-state index contributed by atoms with van der Waals surface area (Å²) in [6.45, 7) is 7.44. The van der Waals surface area contributed by atoms with Crippen LogP contribution in [-0.4, -0.2) is 24.9 Å². The average Bonchev–Trinajstić information content (AvgIpc) is 3.26. The zero-order valence-electron chi connectivity index (χ0n) is 12.5. The molecule has 4 heteroatoms. The van der Waals surface area contributed by atoms with E-state index in [9.17, 15) is 5.11 Å². The van der Waals surface area contributed by atoms with Crippen LogP contribution in [0.1, 0.15) is 45.3 Å². The highest BCUT2D eigenvalue weighted by Gasteiger charge is 2.32. The van der Waals surface area contributed by atoms with Gasteiger partial charge in [-0.15, -0.1) is 0 Å². The molecule has 112 valence electrons. The highest BCUT2D eigenvalue weighted by Crippen LogP contribution is 2.46. The first-order chi connectivity index (χ1) is 9.71. The van der Waals surface area contributed by atoms with E-state index in [1.165, 1.54) is 0 Å². The SMILES string of the molecule is CCOc1cc(C(O)C2CC2)cc(OCC)c1OCC. The van der Waals surface area contributed by atoms with Gasteiger partial charge in [0.15, 0.2) is 11.5 Å². The van der Waals surface area contributed by atoms with Gasteiger partial charge < -0.3 is 19.3 Å². The largest absolute Gasteiger partial charge is 0.490 e. The van der Waals surface area contributed by atoms with Crippen LogP contribution < -0.4 is 14.2 Å². The van der Waals surface area contributed by atoms with Crippen molar-refractivity contribution < 1.29 is 19.3 Å². The van der Waals surface area contributed by atoms with Crippen LogP contribution in [0.3, 0.4) is 0 Å². The van der Waals surface area contributed by atoms with Gasteiger partial charge in [-0.25, -0.2) is 0 Å². The van der Waals surface area contributed by atoms with Crippen molar-refractivity contribution >= 4 is 0 Å². The van der Waals surface area contributed by atoms with Crippen molar-refractivity contribution in [2.45, 2.75) is 39.7 Å². The number of rotatable bonds is 8. The normalized spacial score (nSPS) is 15.8. The van der Waals surface area contributed by atoms with Gasteiger partial charge in [-0.3, -0.25) is 0 Å². The molecule has 2 rings (SSSR count). The van der Waals surface area contributed by atoms with Crippen molar-refractivity contribution in [2.75, 3.05) is 19.8 Å². The van der Waals surface area contributed by atoms with E-state index in [4.69, 9.17) is 14.2 Å². The Hall–Kier alpha value is -1.42.